The van der Waals surface area contributed by atoms with Gasteiger partial charge in [-0.05, 0) is 48.7 Å². The molecule has 4 heteroatoms. The maximum Gasteiger partial charge on any atom is 0.129 e. The summed E-state index contributed by atoms with van der Waals surface area (Å²) in [4.78, 5) is 0. The van der Waals surface area contributed by atoms with Gasteiger partial charge in [-0.15, -0.1) is 11.6 Å². The highest BCUT2D eigenvalue weighted by Crippen LogP contribution is 2.35. The SMILES string of the molecule is Cc1cc(C(Cl)c2ccc(Br)cc2F)c(C)cc1Cl. The van der Waals surface area contributed by atoms with Crippen molar-refractivity contribution in [3.05, 3.63) is 67.9 Å². The summed E-state index contributed by atoms with van der Waals surface area (Å²) in [7, 11) is 0. The summed E-state index contributed by atoms with van der Waals surface area (Å²) in [6, 6.07) is 8.67. The maximum absolute atomic E-state index is 14.0. The van der Waals surface area contributed by atoms with Gasteiger partial charge in [0.2, 0.25) is 0 Å². The highest BCUT2D eigenvalue weighted by Gasteiger charge is 2.18. The van der Waals surface area contributed by atoms with Gasteiger partial charge in [0.25, 0.3) is 0 Å². The van der Waals surface area contributed by atoms with E-state index in [4.69, 9.17) is 23.2 Å². The minimum absolute atomic E-state index is 0.318. The van der Waals surface area contributed by atoms with Crippen LogP contribution < -0.4 is 0 Å². The van der Waals surface area contributed by atoms with Crippen molar-refractivity contribution in [3.8, 4) is 0 Å². The predicted molar refractivity (Wildman–Crippen MR) is 82.7 cm³/mol. The largest absolute Gasteiger partial charge is 0.207 e. The van der Waals surface area contributed by atoms with Crippen molar-refractivity contribution in [2.75, 3.05) is 0 Å². The molecule has 0 bridgehead atoms. The summed E-state index contributed by atoms with van der Waals surface area (Å²) in [5.41, 5.74) is 3.24. The third kappa shape index (κ3) is 3.13. The summed E-state index contributed by atoms with van der Waals surface area (Å²) in [5, 5.41) is 0.172. The van der Waals surface area contributed by atoms with Crippen LogP contribution in [0.4, 0.5) is 4.39 Å². The first-order chi connectivity index (χ1) is 8.90. The molecule has 19 heavy (non-hydrogen) atoms. The molecule has 0 radical (unpaired) electrons. The molecule has 1 unspecified atom stereocenters. The molecule has 100 valence electrons. The number of aryl methyl sites for hydroxylation is 2. The molecule has 0 aliphatic carbocycles. The lowest BCUT2D eigenvalue weighted by Gasteiger charge is -2.16. The van der Waals surface area contributed by atoms with Crippen molar-refractivity contribution in [1.82, 2.24) is 0 Å². The Morgan fingerprint density at radius 3 is 2.37 bits per heavy atom. The minimum Gasteiger partial charge on any atom is -0.207 e. The zero-order chi connectivity index (χ0) is 14.2. The molecular formula is C15H12BrCl2F. The van der Waals surface area contributed by atoms with Crippen molar-refractivity contribution in [1.29, 1.82) is 0 Å². The first kappa shape index (κ1) is 14.8. The van der Waals surface area contributed by atoms with Crippen molar-refractivity contribution in [2.45, 2.75) is 19.2 Å². The summed E-state index contributed by atoms with van der Waals surface area (Å²) in [6.45, 7) is 3.83. The number of alkyl halides is 1. The smallest absolute Gasteiger partial charge is 0.129 e. The van der Waals surface area contributed by atoms with Gasteiger partial charge in [0, 0.05) is 15.1 Å². The van der Waals surface area contributed by atoms with Crippen molar-refractivity contribution < 1.29 is 4.39 Å². The molecule has 0 N–H and O–H groups in total. The Bertz CT molecular complexity index is 626. The minimum atomic E-state index is -0.524. The lowest BCUT2D eigenvalue weighted by atomic mass is 9.98. The van der Waals surface area contributed by atoms with Crippen LogP contribution in [0, 0.1) is 19.7 Å². The zero-order valence-corrected chi connectivity index (χ0v) is 13.6. The molecule has 2 aromatic carbocycles. The quantitative estimate of drug-likeness (QED) is 0.559. The van der Waals surface area contributed by atoms with E-state index in [-0.39, 0.29) is 5.82 Å². The topological polar surface area (TPSA) is 0 Å². The van der Waals surface area contributed by atoms with Crippen LogP contribution in [-0.2, 0) is 0 Å². The van der Waals surface area contributed by atoms with Gasteiger partial charge in [0.05, 0.1) is 5.38 Å². The lowest BCUT2D eigenvalue weighted by Crippen LogP contribution is -2.00. The fourth-order valence-corrected chi connectivity index (χ4v) is 2.91. The molecule has 0 fully saturated rings. The Morgan fingerprint density at radius 2 is 1.74 bits per heavy atom. The Kier molecular flexibility index (Phi) is 4.54. The number of hydrogen-bond acceptors (Lipinski definition) is 0. The summed E-state index contributed by atoms with van der Waals surface area (Å²) in [6.07, 6.45) is 0. The highest BCUT2D eigenvalue weighted by molar-refractivity contribution is 9.10. The first-order valence-corrected chi connectivity index (χ1v) is 7.36. The average molecular weight is 362 g/mol. The fourth-order valence-electron chi connectivity index (χ4n) is 1.95. The summed E-state index contributed by atoms with van der Waals surface area (Å²) in [5.74, 6) is -0.318. The van der Waals surface area contributed by atoms with Gasteiger partial charge < -0.3 is 0 Å². The van der Waals surface area contributed by atoms with Crippen LogP contribution in [-0.4, -0.2) is 0 Å². The van der Waals surface area contributed by atoms with Crippen LogP contribution in [0.5, 0.6) is 0 Å². The van der Waals surface area contributed by atoms with Crippen molar-refractivity contribution in [3.63, 3.8) is 0 Å². The third-order valence-corrected chi connectivity index (χ3v) is 4.43. The second-order valence-corrected chi connectivity index (χ2v) is 6.25. The maximum atomic E-state index is 14.0. The van der Waals surface area contributed by atoms with Crippen LogP contribution >= 0.6 is 39.1 Å². The van der Waals surface area contributed by atoms with E-state index in [1.54, 1.807) is 12.1 Å². The molecule has 2 aromatic rings. The molecule has 0 nitrogen and oxygen atoms in total. The molecule has 0 spiro atoms. The Labute approximate surface area is 130 Å². The van der Waals surface area contributed by atoms with Crippen LogP contribution in [0.1, 0.15) is 27.6 Å². The second-order valence-electron chi connectivity index (χ2n) is 4.49. The Balaban J connectivity index is 2.49. The van der Waals surface area contributed by atoms with Gasteiger partial charge in [-0.1, -0.05) is 39.7 Å². The molecule has 0 saturated carbocycles. The van der Waals surface area contributed by atoms with Crippen molar-refractivity contribution in [2.24, 2.45) is 0 Å². The van der Waals surface area contributed by atoms with Gasteiger partial charge in [-0.2, -0.15) is 0 Å². The van der Waals surface area contributed by atoms with Gasteiger partial charge in [-0.25, -0.2) is 4.39 Å². The number of rotatable bonds is 2. The Morgan fingerprint density at radius 1 is 1.05 bits per heavy atom. The van der Waals surface area contributed by atoms with E-state index in [2.05, 4.69) is 15.9 Å². The van der Waals surface area contributed by atoms with E-state index in [0.717, 1.165) is 16.7 Å². The lowest BCUT2D eigenvalue weighted by molar-refractivity contribution is 0.611. The Hall–Kier alpha value is -0.570. The van der Waals surface area contributed by atoms with E-state index >= 15 is 0 Å². The highest BCUT2D eigenvalue weighted by atomic mass is 79.9. The van der Waals surface area contributed by atoms with E-state index in [1.807, 2.05) is 26.0 Å². The van der Waals surface area contributed by atoms with Crippen LogP contribution in [0.3, 0.4) is 0 Å². The molecule has 2 rings (SSSR count). The van der Waals surface area contributed by atoms with Crippen LogP contribution in [0.15, 0.2) is 34.8 Å². The summed E-state index contributed by atoms with van der Waals surface area (Å²) < 4.78 is 14.7. The molecule has 0 aromatic heterocycles. The average Bonchev–Trinajstić information content (AvgIpc) is 2.33. The molecule has 0 aliphatic rings. The third-order valence-electron chi connectivity index (χ3n) is 3.06. The second kappa shape index (κ2) is 5.82. The number of halogens is 4. The fraction of sp³-hybridized carbons (Fsp3) is 0.200. The van der Waals surface area contributed by atoms with E-state index in [9.17, 15) is 4.39 Å². The van der Waals surface area contributed by atoms with Gasteiger partial charge in [-0.3, -0.25) is 0 Å². The molecule has 0 aliphatic heterocycles. The molecule has 1 atom stereocenters. The molecule has 0 saturated heterocycles. The number of hydrogen-bond donors (Lipinski definition) is 0. The molecule has 0 amide bonds. The summed E-state index contributed by atoms with van der Waals surface area (Å²) >= 11 is 15.7. The zero-order valence-electron chi connectivity index (χ0n) is 10.5. The van der Waals surface area contributed by atoms with Gasteiger partial charge in [0.15, 0.2) is 0 Å². The molecule has 0 heterocycles. The van der Waals surface area contributed by atoms with E-state index in [1.165, 1.54) is 6.07 Å². The number of benzene rings is 2. The van der Waals surface area contributed by atoms with Crippen molar-refractivity contribution >= 4 is 39.1 Å². The monoisotopic (exact) mass is 360 g/mol. The van der Waals surface area contributed by atoms with Gasteiger partial charge >= 0.3 is 0 Å². The predicted octanol–water partition coefficient (Wildman–Crippen LogP) is 6.19. The molecular weight excluding hydrogens is 350 g/mol. The first-order valence-electron chi connectivity index (χ1n) is 5.76. The van der Waals surface area contributed by atoms with Crippen LogP contribution in [0.2, 0.25) is 5.02 Å². The van der Waals surface area contributed by atoms with Crippen LogP contribution in [0.25, 0.3) is 0 Å². The van der Waals surface area contributed by atoms with E-state index < -0.39 is 5.38 Å². The normalized spacial score (nSPS) is 12.5. The standard InChI is InChI=1S/C15H12BrCl2F/c1-8-6-13(17)9(2)5-12(8)15(18)11-4-3-10(16)7-14(11)19/h3-7,15H,1-2H3. The van der Waals surface area contributed by atoms with E-state index in [0.29, 0.717) is 15.1 Å². The van der Waals surface area contributed by atoms with Gasteiger partial charge in [0.1, 0.15) is 5.82 Å².